The second-order valence-corrected chi connectivity index (χ2v) is 11.3. The highest BCUT2D eigenvalue weighted by atomic mass is 28.3. The number of hydrogen-bond acceptors (Lipinski definition) is 1. The fourth-order valence-electron chi connectivity index (χ4n) is 2.12. The average molecular weight is 364 g/mol. The van der Waals surface area contributed by atoms with E-state index in [0.29, 0.717) is 17.3 Å². The number of alkyl halides is 3. The second-order valence-electron chi connectivity index (χ2n) is 6.26. The average Bonchev–Trinajstić information content (AvgIpc) is 2.42. The van der Waals surface area contributed by atoms with Gasteiger partial charge in [-0.15, -0.1) is 0 Å². The number of halogens is 6. The van der Waals surface area contributed by atoms with Crippen LogP contribution in [0.1, 0.15) is 5.56 Å². The van der Waals surface area contributed by atoms with Gasteiger partial charge >= 0.3 is 6.18 Å². The topological polar surface area (TPSA) is 9.23 Å². The van der Waals surface area contributed by atoms with Crippen molar-refractivity contribution < 1.29 is 31.1 Å². The molecule has 0 heterocycles. The first kappa shape index (κ1) is 18.4. The molecule has 2 aromatic rings. The Morgan fingerprint density at radius 1 is 0.875 bits per heavy atom. The van der Waals surface area contributed by atoms with Crippen LogP contribution < -0.4 is 9.92 Å². The summed E-state index contributed by atoms with van der Waals surface area (Å²) in [6.45, 7) is 5.65. The van der Waals surface area contributed by atoms with Gasteiger partial charge in [-0.05, 0) is 17.3 Å². The molecule has 0 saturated carbocycles. The maximum absolute atomic E-state index is 13.3. The molecule has 0 radical (unpaired) electrons. The first-order chi connectivity index (χ1) is 10.9. The molecule has 0 aliphatic rings. The van der Waals surface area contributed by atoms with Crippen LogP contribution in [0.25, 0.3) is 0 Å². The summed E-state index contributed by atoms with van der Waals surface area (Å²) in [7, 11) is -2.11. The summed E-state index contributed by atoms with van der Waals surface area (Å²) >= 11 is 0. The Kier molecular flexibility index (Phi) is 4.71. The summed E-state index contributed by atoms with van der Waals surface area (Å²) in [4.78, 5) is 0. The van der Waals surface area contributed by atoms with Gasteiger partial charge in [0.15, 0.2) is 17.5 Å². The van der Waals surface area contributed by atoms with E-state index in [4.69, 9.17) is 4.74 Å². The van der Waals surface area contributed by atoms with E-state index < -0.39 is 43.0 Å². The molecule has 0 spiro atoms. The Bertz CT molecular complexity index is 741. The van der Waals surface area contributed by atoms with Gasteiger partial charge in [-0.1, -0.05) is 25.7 Å². The zero-order valence-corrected chi connectivity index (χ0v) is 14.1. The maximum Gasteiger partial charge on any atom is 0.416 e. The minimum atomic E-state index is -4.59. The summed E-state index contributed by atoms with van der Waals surface area (Å²) in [5.41, 5.74) is -0.942. The summed E-state index contributed by atoms with van der Waals surface area (Å²) in [6, 6.07) is 4.21. The van der Waals surface area contributed by atoms with Crippen molar-refractivity contribution in [3.05, 3.63) is 53.3 Å². The largest absolute Gasteiger partial charge is 0.457 e. The summed E-state index contributed by atoms with van der Waals surface area (Å²) in [6.07, 6.45) is -4.59. The third-order valence-electron chi connectivity index (χ3n) is 3.30. The van der Waals surface area contributed by atoms with Crippen LogP contribution >= 0.6 is 0 Å². The predicted molar refractivity (Wildman–Crippen MR) is 80.8 cm³/mol. The minimum absolute atomic E-state index is 0.144. The Morgan fingerprint density at radius 2 is 1.42 bits per heavy atom. The van der Waals surface area contributed by atoms with Gasteiger partial charge in [0.1, 0.15) is 11.5 Å². The van der Waals surface area contributed by atoms with Crippen LogP contribution in [0.5, 0.6) is 11.5 Å². The Balaban J connectivity index is 2.55. The predicted octanol–water partition coefficient (Wildman–Crippen LogP) is 5.46. The van der Waals surface area contributed by atoms with Crippen molar-refractivity contribution in [1.82, 2.24) is 0 Å². The highest BCUT2D eigenvalue weighted by Crippen LogP contribution is 2.33. The molecule has 2 rings (SSSR count). The quantitative estimate of drug-likeness (QED) is 0.399. The van der Waals surface area contributed by atoms with Crippen LogP contribution in [-0.2, 0) is 6.18 Å². The van der Waals surface area contributed by atoms with Crippen LogP contribution in [0.3, 0.4) is 0 Å². The third kappa shape index (κ3) is 3.92. The first-order valence-corrected chi connectivity index (χ1v) is 10.4. The molecule has 24 heavy (non-hydrogen) atoms. The molecule has 130 valence electrons. The van der Waals surface area contributed by atoms with Crippen LogP contribution in [0.15, 0.2) is 30.3 Å². The SMILES string of the molecule is C[Si](C)(C)c1ccc(C(F)(F)F)cc1Oc1cc(F)c(F)c(F)c1. The molecule has 1 nitrogen and oxygen atoms in total. The number of ether oxygens (including phenoxy) is 1. The zero-order valence-electron chi connectivity index (χ0n) is 13.1. The van der Waals surface area contributed by atoms with Crippen molar-refractivity contribution in [2.75, 3.05) is 0 Å². The van der Waals surface area contributed by atoms with Crippen LogP contribution in [0.2, 0.25) is 19.6 Å². The van der Waals surface area contributed by atoms with Gasteiger partial charge in [0.05, 0.1) is 13.6 Å². The van der Waals surface area contributed by atoms with E-state index in [2.05, 4.69) is 0 Å². The smallest absolute Gasteiger partial charge is 0.416 e. The van der Waals surface area contributed by atoms with E-state index in [0.717, 1.165) is 12.1 Å². The first-order valence-electron chi connectivity index (χ1n) is 6.93. The second kappa shape index (κ2) is 6.16. The van der Waals surface area contributed by atoms with Gasteiger partial charge in [0.25, 0.3) is 0 Å². The lowest BCUT2D eigenvalue weighted by Crippen LogP contribution is -2.38. The van der Waals surface area contributed by atoms with E-state index >= 15 is 0 Å². The molecule has 2 aromatic carbocycles. The molecule has 0 aromatic heterocycles. The van der Waals surface area contributed by atoms with Crippen molar-refractivity contribution in [2.45, 2.75) is 25.8 Å². The zero-order chi connectivity index (χ0) is 18.3. The van der Waals surface area contributed by atoms with Crippen molar-refractivity contribution in [1.29, 1.82) is 0 Å². The van der Waals surface area contributed by atoms with Crippen molar-refractivity contribution in [2.24, 2.45) is 0 Å². The number of rotatable bonds is 3. The summed E-state index contributed by atoms with van der Waals surface area (Å²) < 4.78 is 83.5. The van der Waals surface area contributed by atoms with Gasteiger partial charge in [-0.3, -0.25) is 0 Å². The Labute approximate surface area is 135 Å². The lowest BCUT2D eigenvalue weighted by Gasteiger charge is -2.22. The fraction of sp³-hybridized carbons (Fsp3) is 0.250. The van der Waals surface area contributed by atoms with E-state index in [9.17, 15) is 26.3 Å². The molecule has 0 N–H and O–H groups in total. The standard InChI is InChI=1S/C16H14F6OSi/c1-24(2,3)14-5-4-9(16(20,21)22)6-13(14)23-10-7-11(17)15(19)12(18)8-10/h4-8H,1-3H3. The lowest BCUT2D eigenvalue weighted by molar-refractivity contribution is -0.137. The summed E-state index contributed by atoms with van der Waals surface area (Å²) in [5, 5.41) is 0.542. The monoisotopic (exact) mass is 364 g/mol. The summed E-state index contributed by atoms with van der Waals surface area (Å²) in [5.74, 6) is -5.19. The minimum Gasteiger partial charge on any atom is -0.457 e. The maximum atomic E-state index is 13.3. The Hall–Kier alpha value is -1.96. The molecular formula is C16H14F6OSi. The van der Waals surface area contributed by atoms with Crippen LogP contribution in [-0.4, -0.2) is 8.07 Å². The molecule has 0 aliphatic heterocycles. The van der Waals surface area contributed by atoms with Crippen LogP contribution in [0.4, 0.5) is 26.3 Å². The fourth-order valence-corrected chi connectivity index (χ4v) is 3.57. The van der Waals surface area contributed by atoms with Crippen LogP contribution in [0, 0.1) is 17.5 Å². The normalized spacial score (nSPS) is 12.4. The molecule has 0 unspecified atom stereocenters. The van der Waals surface area contributed by atoms with Gasteiger partial charge in [0.2, 0.25) is 0 Å². The molecule has 0 saturated heterocycles. The molecule has 0 bridgehead atoms. The Morgan fingerprint density at radius 3 is 1.88 bits per heavy atom. The molecule has 0 amide bonds. The molecule has 0 fully saturated rings. The van der Waals surface area contributed by atoms with E-state index in [-0.39, 0.29) is 5.75 Å². The molecule has 0 aliphatic carbocycles. The molecule has 8 heteroatoms. The van der Waals surface area contributed by atoms with E-state index in [1.165, 1.54) is 6.07 Å². The lowest BCUT2D eigenvalue weighted by atomic mass is 10.2. The van der Waals surface area contributed by atoms with Gasteiger partial charge < -0.3 is 4.74 Å². The highest BCUT2D eigenvalue weighted by Gasteiger charge is 2.33. The number of benzene rings is 2. The highest BCUT2D eigenvalue weighted by molar-refractivity contribution is 6.89. The van der Waals surface area contributed by atoms with Gasteiger partial charge in [-0.2, -0.15) is 13.2 Å². The third-order valence-corrected chi connectivity index (χ3v) is 5.33. The van der Waals surface area contributed by atoms with E-state index in [1.54, 1.807) is 0 Å². The van der Waals surface area contributed by atoms with Gasteiger partial charge in [0, 0.05) is 12.1 Å². The van der Waals surface area contributed by atoms with Crippen molar-refractivity contribution >= 4 is 13.3 Å². The van der Waals surface area contributed by atoms with Gasteiger partial charge in [-0.25, -0.2) is 13.2 Å². The molecular weight excluding hydrogens is 350 g/mol. The van der Waals surface area contributed by atoms with Crippen molar-refractivity contribution in [3.63, 3.8) is 0 Å². The van der Waals surface area contributed by atoms with E-state index in [1.807, 2.05) is 19.6 Å². The van der Waals surface area contributed by atoms with Crippen molar-refractivity contribution in [3.8, 4) is 11.5 Å². The number of hydrogen-bond donors (Lipinski definition) is 0. The molecule has 0 atom stereocenters.